The first-order valence-electron chi connectivity index (χ1n) is 7.42. The number of aryl methyl sites for hydroxylation is 1. The predicted octanol–water partition coefficient (Wildman–Crippen LogP) is 2.79. The van der Waals surface area contributed by atoms with Gasteiger partial charge in [-0.2, -0.15) is 0 Å². The Morgan fingerprint density at radius 1 is 1.41 bits per heavy atom. The van der Waals surface area contributed by atoms with Gasteiger partial charge in [-0.25, -0.2) is 9.37 Å². The second kappa shape index (κ2) is 6.54. The van der Waals surface area contributed by atoms with Crippen molar-refractivity contribution in [2.75, 3.05) is 6.54 Å². The molecule has 1 atom stereocenters. The van der Waals surface area contributed by atoms with Crippen molar-refractivity contribution in [3.63, 3.8) is 0 Å². The zero-order valence-electron chi connectivity index (χ0n) is 12.1. The average molecular weight is 319 g/mol. The van der Waals surface area contributed by atoms with E-state index in [0.29, 0.717) is 13.0 Å². The molecular formula is C16H18FN3OS. The summed E-state index contributed by atoms with van der Waals surface area (Å²) in [4.78, 5) is 17.6. The molecule has 0 bridgehead atoms. The van der Waals surface area contributed by atoms with Crippen LogP contribution in [0, 0.1) is 5.82 Å². The van der Waals surface area contributed by atoms with E-state index < -0.39 is 0 Å². The Balaban J connectivity index is 1.85. The van der Waals surface area contributed by atoms with Gasteiger partial charge in [0.2, 0.25) is 5.91 Å². The van der Waals surface area contributed by atoms with Crippen LogP contribution in [0.25, 0.3) is 10.6 Å². The van der Waals surface area contributed by atoms with E-state index in [1.165, 1.54) is 12.1 Å². The van der Waals surface area contributed by atoms with Gasteiger partial charge < -0.3 is 11.1 Å². The molecule has 4 nitrogen and oxygen atoms in total. The number of amides is 1. The monoisotopic (exact) mass is 319 g/mol. The van der Waals surface area contributed by atoms with Crippen molar-refractivity contribution in [3.05, 3.63) is 40.7 Å². The van der Waals surface area contributed by atoms with Gasteiger partial charge in [-0.15, -0.1) is 11.3 Å². The highest BCUT2D eigenvalue weighted by Crippen LogP contribution is 2.37. The topological polar surface area (TPSA) is 68.0 Å². The summed E-state index contributed by atoms with van der Waals surface area (Å²) < 4.78 is 13.0. The second-order valence-electron chi connectivity index (χ2n) is 5.39. The third-order valence-electron chi connectivity index (χ3n) is 3.75. The Kier molecular flexibility index (Phi) is 4.49. The molecule has 116 valence electrons. The summed E-state index contributed by atoms with van der Waals surface area (Å²) in [5.41, 5.74) is 7.38. The number of nitrogens with one attached hydrogen (secondary N) is 1. The van der Waals surface area contributed by atoms with E-state index >= 15 is 0 Å². The highest BCUT2D eigenvalue weighted by atomic mass is 32.1. The normalized spacial score (nSPS) is 17.1. The molecule has 1 aromatic carbocycles. The highest BCUT2D eigenvalue weighted by Gasteiger charge is 2.26. The van der Waals surface area contributed by atoms with Gasteiger partial charge in [0.25, 0.3) is 0 Å². The van der Waals surface area contributed by atoms with Gasteiger partial charge in [0.05, 0.1) is 16.6 Å². The Hall–Kier alpha value is -1.79. The van der Waals surface area contributed by atoms with Crippen LogP contribution in [0.3, 0.4) is 0 Å². The zero-order chi connectivity index (χ0) is 15.5. The summed E-state index contributed by atoms with van der Waals surface area (Å²) in [5, 5.41) is 3.92. The van der Waals surface area contributed by atoms with Crippen LogP contribution in [0.2, 0.25) is 0 Å². The number of halogens is 1. The summed E-state index contributed by atoms with van der Waals surface area (Å²) in [6, 6.07) is 6.38. The molecule has 0 fully saturated rings. The minimum Gasteiger partial charge on any atom is -0.348 e. The number of thiazole rings is 1. The van der Waals surface area contributed by atoms with Crippen molar-refractivity contribution in [1.82, 2.24) is 10.3 Å². The third-order valence-corrected chi connectivity index (χ3v) is 5.01. The number of nitrogens with zero attached hydrogens (tertiary/aromatic N) is 1. The van der Waals surface area contributed by atoms with E-state index in [0.717, 1.165) is 40.4 Å². The molecule has 0 saturated carbocycles. The molecule has 1 heterocycles. The molecule has 0 spiro atoms. The number of fused-ring (bicyclic) bond motifs is 1. The SMILES string of the molecule is NCCC(=O)NC1CCCc2nc(-c3ccc(F)cc3)sc21. The molecular weight excluding hydrogens is 301 g/mol. The standard InChI is InChI=1S/C16H18FN3OS/c17-11-6-4-10(5-7-11)16-20-13-3-1-2-12(15(13)22-16)19-14(21)8-9-18/h4-7,12H,1-3,8-9,18H2,(H,19,21). The lowest BCUT2D eigenvalue weighted by atomic mass is 9.98. The molecule has 1 aromatic heterocycles. The van der Waals surface area contributed by atoms with Crippen molar-refractivity contribution in [1.29, 1.82) is 0 Å². The van der Waals surface area contributed by atoms with Crippen LogP contribution in [0.4, 0.5) is 4.39 Å². The Bertz CT molecular complexity index is 669. The number of benzene rings is 1. The van der Waals surface area contributed by atoms with Gasteiger partial charge in [0.1, 0.15) is 10.8 Å². The lowest BCUT2D eigenvalue weighted by Crippen LogP contribution is -2.31. The van der Waals surface area contributed by atoms with E-state index in [1.807, 2.05) is 0 Å². The van der Waals surface area contributed by atoms with Crippen LogP contribution in [0.15, 0.2) is 24.3 Å². The van der Waals surface area contributed by atoms with Gasteiger partial charge in [-0.05, 0) is 43.5 Å². The first kappa shape index (κ1) is 15.1. The first-order valence-corrected chi connectivity index (χ1v) is 8.24. The molecule has 3 N–H and O–H groups in total. The quantitative estimate of drug-likeness (QED) is 0.910. The molecule has 1 unspecified atom stereocenters. The zero-order valence-corrected chi connectivity index (χ0v) is 13.0. The summed E-state index contributed by atoms with van der Waals surface area (Å²) in [6.07, 6.45) is 3.20. The Morgan fingerprint density at radius 2 is 2.18 bits per heavy atom. The molecule has 1 amide bonds. The van der Waals surface area contributed by atoms with E-state index in [-0.39, 0.29) is 17.8 Å². The number of aromatic nitrogens is 1. The molecule has 0 radical (unpaired) electrons. The molecule has 0 saturated heterocycles. The summed E-state index contributed by atoms with van der Waals surface area (Å²) in [6.45, 7) is 0.356. The van der Waals surface area contributed by atoms with Crippen molar-refractivity contribution in [2.45, 2.75) is 31.7 Å². The van der Waals surface area contributed by atoms with Gasteiger partial charge in [0.15, 0.2) is 0 Å². The van der Waals surface area contributed by atoms with Gasteiger partial charge in [-0.1, -0.05) is 0 Å². The molecule has 1 aliphatic rings. The van der Waals surface area contributed by atoms with E-state index in [9.17, 15) is 9.18 Å². The fourth-order valence-electron chi connectivity index (χ4n) is 2.67. The number of hydrogen-bond acceptors (Lipinski definition) is 4. The molecule has 2 aromatic rings. The van der Waals surface area contributed by atoms with E-state index in [4.69, 9.17) is 5.73 Å². The largest absolute Gasteiger partial charge is 0.348 e. The van der Waals surface area contributed by atoms with Crippen molar-refractivity contribution in [3.8, 4) is 10.6 Å². The number of carbonyl (C=O) groups is 1. The van der Waals surface area contributed by atoms with Crippen LogP contribution >= 0.6 is 11.3 Å². The number of rotatable bonds is 4. The number of carbonyl (C=O) groups excluding carboxylic acids is 1. The van der Waals surface area contributed by atoms with E-state index in [2.05, 4.69) is 10.3 Å². The minimum absolute atomic E-state index is 0.0166. The minimum atomic E-state index is -0.253. The Morgan fingerprint density at radius 3 is 2.91 bits per heavy atom. The van der Waals surface area contributed by atoms with Crippen LogP contribution < -0.4 is 11.1 Å². The van der Waals surface area contributed by atoms with Crippen LogP contribution in [-0.4, -0.2) is 17.4 Å². The predicted molar refractivity (Wildman–Crippen MR) is 85.0 cm³/mol. The molecule has 1 aliphatic carbocycles. The maximum absolute atomic E-state index is 13.0. The van der Waals surface area contributed by atoms with Crippen molar-refractivity contribution in [2.24, 2.45) is 5.73 Å². The maximum Gasteiger partial charge on any atom is 0.221 e. The summed E-state index contributed by atoms with van der Waals surface area (Å²) in [5.74, 6) is -0.269. The fourth-order valence-corrected chi connectivity index (χ4v) is 3.87. The highest BCUT2D eigenvalue weighted by molar-refractivity contribution is 7.15. The third kappa shape index (κ3) is 3.18. The van der Waals surface area contributed by atoms with Gasteiger partial charge >= 0.3 is 0 Å². The second-order valence-corrected chi connectivity index (χ2v) is 6.42. The first-order chi connectivity index (χ1) is 10.7. The van der Waals surface area contributed by atoms with Crippen LogP contribution in [0.5, 0.6) is 0 Å². The molecule has 0 aliphatic heterocycles. The smallest absolute Gasteiger partial charge is 0.221 e. The average Bonchev–Trinajstić information content (AvgIpc) is 2.93. The van der Waals surface area contributed by atoms with Crippen molar-refractivity contribution >= 4 is 17.2 Å². The van der Waals surface area contributed by atoms with Crippen molar-refractivity contribution < 1.29 is 9.18 Å². The molecule has 6 heteroatoms. The molecule has 22 heavy (non-hydrogen) atoms. The van der Waals surface area contributed by atoms with Gasteiger partial charge in [0, 0.05) is 18.5 Å². The fraction of sp³-hybridized carbons (Fsp3) is 0.375. The van der Waals surface area contributed by atoms with Gasteiger partial charge in [-0.3, -0.25) is 4.79 Å². The Labute approximate surface area is 132 Å². The van der Waals surface area contributed by atoms with Crippen LogP contribution in [0.1, 0.15) is 35.9 Å². The number of hydrogen-bond donors (Lipinski definition) is 2. The molecule has 3 rings (SSSR count). The lowest BCUT2D eigenvalue weighted by Gasteiger charge is -2.22. The van der Waals surface area contributed by atoms with Crippen LogP contribution in [-0.2, 0) is 11.2 Å². The summed E-state index contributed by atoms with van der Waals surface area (Å²) in [7, 11) is 0. The maximum atomic E-state index is 13.0. The summed E-state index contributed by atoms with van der Waals surface area (Å²) >= 11 is 1.58. The van der Waals surface area contributed by atoms with E-state index in [1.54, 1.807) is 23.5 Å². The lowest BCUT2D eigenvalue weighted by molar-refractivity contribution is -0.121. The number of nitrogens with two attached hydrogens (primary N) is 1.